The highest BCUT2D eigenvalue weighted by Crippen LogP contribution is 2.26. The van der Waals surface area contributed by atoms with E-state index in [0.29, 0.717) is 31.4 Å². The third-order valence-electron chi connectivity index (χ3n) is 4.80. The van der Waals surface area contributed by atoms with Gasteiger partial charge in [0.05, 0.1) is 5.57 Å². The van der Waals surface area contributed by atoms with Gasteiger partial charge in [0, 0.05) is 38.4 Å². The molecule has 0 radical (unpaired) electrons. The van der Waals surface area contributed by atoms with Crippen molar-refractivity contribution in [3.63, 3.8) is 0 Å². The van der Waals surface area contributed by atoms with Gasteiger partial charge in [0.2, 0.25) is 0 Å². The number of allylic oxidation sites excluding steroid dienone is 1. The lowest BCUT2D eigenvalue weighted by Gasteiger charge is -2.37. The van der Waals surface area contributed by atoms with E-state index in [9.17, 15) is 22.8 Å². The van der Waals surface area contributed by atoms with E-state index in [1.807, 2.05) is 0 Å². The quantitative estimate of drug-likeness (QED) is 0.724. The molecule has 0 bridgehead atoms. The molecule has 0 unspecified atom stereocenters. The summed E-state index contributed by atoms with van der Waals surface area (Å²) in [6, 6.07) is -0.126. The lowest BCUT2D eigenvalue weighted by Crippen LogP contribution is -2.51. The summed E-state index contributed by atoms with van der Waals surface area (Å²) in [7, 11) is 0. The second kappa shape index (κ2) is 7.07. The van der Waals surface area contributed by atoms with Gasteiger partial charge in [-0.05, 0) is 18.9 Å². The largest absolute Gasteiger partial charge is 0.417 e. The Morgan fingerprint density at radius 2 is 1.80 bits per heavy atom. The predicted molar refractivity (Wildman–Crippen MR) is 85.9 cm³/mol. The van der Waals surface area contributed by atoms with Crippen LogP contribution in [0.5, 0.6) is 0 Å². The highest BCUT2D eigenvalue weighted by molar-refractivity contribution is 6.48. The molecule has 0 N–H and O–H groups in total. The molecule has 2 aliphatic heterocycles. The molecule has 2 fully saturated rings. The maximum Gasteiger partial charge on any atom is 0.417 e. The lowest BCUT2D eigenvalue weighted by atomic mass is 10.1. The van der Waals surface area contributed by atoms with E-state index < -0.39 is 29.4 Å². The minimum Gasteiger partial charge on any atom is -0.320 e. The number of piperazine rings is 1. The first-order valence-electron chi connectivity index (χ1n) is 8.33. The minimum atomic E-state index is -4.64. The number of carbonyl (C=O) groups excluding carboxylic acids is 2. The molecule has 0 spiro atoms. The number of aliphatic imine (C=N–C) groups is 2. The van der Waals surface area contributed by atoms with Crippen LogP contribution in [0.3, 0.4) is 0 Å². The standard InChI is InChI=1S/C16H19F3N4O2/c17-16(18,19)11-9-13(14(24)20-10-11)21-15(25)23-7-5-22(6-8-23)12-3-1-2-4-12/h9-10,12H,1-8H2/b21-13-. The van der Waals surface area contributed by atoms with Crippen LogP contribution in [0.15, 0.2) is 21.6 Å². The number of dihydropyridines is 1. The Morgan fingerprint density at radius 3 is 2.40 bits per heavy atom. The molecule has 25 heavy (non-hydrogen) atoms. The van der Waals surface area contributed by atoms with Crippen molar-refractivity contribution in [1.82, 2.24) is 9.80 Å². The van der Waals surface area contributed by atoms with Crippen molar-refractivity contribution in [3.8, 4) is 0 Å². The van der Waals surface area contributed by atoms with Crippen LogP contribution in [-0.2, 0) is 4.79 Å². The Kier molecular flexibility index (Phi) is 5.03. The van der Waals surface area contributed by atoms with Crippen molar-refractivity contribution in [1.29, 1.82) is 0 Å². The van der Waals surface area contributed by atoms with E-state index in [4.69, 9.17) is 0 Å². The van der Waals surface area contributed by atoms with Gasteiger partial charge in [-0.25, -0.2) is 9.79 Å². The number of amides is 3. The topological polar surface area (TPSA) is 65.3 Å². The molecule has 3 rings (SSSR count). The zero-order valence-corrected chi connectivity index (χ0v) is 13.6. The van der Waals surface area contributed by atoms with Gasteiger partial charge in [-0.1, -0.05) is 12.8 Å². The van der Waals surface area contributed by atoms with Gasteiger partial charge >= 0.3 is 12.2 Å². The second-order valence-corrected chi connectivity index (χ2v) is 6.40. The fraction of sp³-hybridized carbons (Fsp3) is 0.625. The van der Waals surface area contributed by atoms with Gasteiger partial charge < -0.3 is 4.90 Å². The molecule has 0 aromatic heterocycles. The number of hydrogen-bond donors (Lipinski definition) is 0. The van der Waals surface area contributed by atoms with Crippen molar-refractivity contribution in [2.24, 2.45) is 9.98 Å². The van der Waals surface area contributed by atoms with Crippen LogP contribution in [0.1, 0.15) is 25.7 Å². The minimum absolute atomic E-state index is 0.451. The fourth-order valence-electron chi connectivity index (χ4n) is 3.40. The van der Waals surface area contributed by atoms with Crippen molar-refractivity contribution < 1.29 is 22.8 Å². The van der Waals surface area contributed by atoms with Gasteiger partial charge in [0.15, 0.2) is 0 Å². The van der Waals surface area contributed by atoms with Gasteiger partial charge in [0.1, 0.15) is 5.71 Å². The Hall–Kier alpha value is -2.03. The van der Waals surface area contributed by atoms with E-state index in [1.165, 1.54) is 30.6 Å². The van der Waals surface area contributed by atoms with Gasteiger partial charge in [-0.2, -0.15) is 18.2 Å². The number of halogens is 3. The smallest absolute Gasteiger partial charge is 0.320 e. The Labute approximate surface area is 143 Å². The third-order valence-corrected chi connectivity index (χ3v) is 4.80. The predicted octanol–water partition coefficient (Wildman–Crippen LogP) is 2.21. The summed E-state index contributed by atoms with van der Waals surface area (Å²) in [4.78, 5) is 34.3. The first-order valence-corrected chi connectivity index (χ1v) is 8.33. The number of alkyl halides is 3. The average molecular weight is 356 g/mol. The van der Waals surface area contributed by atoms with E-state index >= 15 is 0 Å². The number of hydrogen-bond acceptors (Lipinski definition) is 3. The molecule has 0 atom stereocenters. The molecule has 2 heterocycles. The summed E-state index contributed by atoms with van der Waals surface area (Å²) < 4.78 is 38.1. The highest BCUT2D eigenvalue weighted by atomic mass is 19.4. The van der Waals surface area contributed by atoms with E-state index in [1.54, 1.807) is 0 Å². The fourth-order valence-corrected chi connectivity index (χ4v) is 3.40. The molecule has 9 heteroatoms. The normalized spacial score (nSPS) is 24.9. The molecule has 0 aromatic carbocycles. The first-order chi connectivity index (χ1) is 11.8. The lowest BCUT2D eigenvalue weighted by molar-refractivity contribution is -0.111. The first kappa shape index (κ1) is 17.8. The Morgan fingerprint density at radius 1 is 1.16 bits per heavy atom. The van der Waals surface area contributed by atoms with E-state index in [-0.39, 0.29) is 0 Å². The van der Waals surface area contributed by atoms with Crippen LogP contribution < -0.4 is 0 Å². The van der Waals surface area contributed by atoms with Crippen LogP contribution in [0, 0.1) is 0 Å². The van der Waals surface area contributed by atoms with Crippen LogP contribution in [0.4, 0.5) is 18.0 Å². The molecule has 0 aromatic rings. The zero-order valence-electron chi connectivity index (χ0n) is 13.6. The van der Waals surface area contributed by atoms with Crippen LogP contribution in [0.25, 0.3) is 0 Å². The SMILES string of the molecule is O=C1N=CC(C(F)(F)F)=C/C1=N/C(=O)N1CCN(C2CCCC2)CC1. The van der Waals surface area contributed by atoms with E-state index in [0.717, 1.165) is 13.1 Å². The molecule has 1 saturated heterocycles. The van der Waals surface area contributed by atoms with Crippen molar-refractivity contribution in [2.75, 3.05) is 26.2 Å². The molecule has 3 aliphatic rings. The molecule has 1 saturated carbocycles. The van der Waals surface area contributed by atoms with Crippen molar-refractivity contribution >= 4 is 23.9 Å². The van der Waals surface area contributed by atoms with Gasteiger partial charge in [0.25, 0.3) is 5.91 Å². The second-order valence-electron chi connectivity index (χ2n) is 6.40. The summed E-state index contributed by atoms with van der Waals surface area (Å²) in [5.41, 5.74) is -1.66. The van der Waals surface area contributed by atoms with Crippen LogP contribution >= 0.6 is 0 Å². The monoisotopic (exact) mass is 356 g/mol. The summed E-state index contributed by atoms with van der Waals surface area (Å²) >= 11 is 0. The van der Waals surface area contributed by atoms with Gasteiger partial charge in [-0.15, -0.1) is 0 Å². The van der Waals surface area contributed by atoms with Gasteiger partial charge in [-0.3, -0.25) is 9.69 Å². The highest BCUT2D eigenvalue weighted by Gasteiger charge is 2.35. The number of rotatable bonds is 1. The maximum absolute atomic E-state index is 12.7. The Balaban J connectivity index is 1.63. The maximum atomic E-state index is 12.7. The summed E-state index contributed by atoms with van der Waals surface area (Å²) in [6.07, 6.45) is 1.19. The molecule has 1 aliphatic carbocycles. The average Bonchev–Trinajstić information content (AvgIpc) is 3.10. The molecular weight excluding hydrogens is 337 g/mol. The zero-order chi connectivity index (χ0) is 18.0. The molecule has 136 valence electrons. The molecule has 6 nitrogen and oxygen atoms in total. The summed E-state index contributed by atoms with van der Waals surface area (Å²) in [5.74, 6) is -0.939. The number of nitrogens with zero attached hydrogens (tertiary/aromatic N) is 4. The Bertz CT molecular complexity index is 640. The third kappa shape index (κ3) is 4.15. The molecule has 3 amide bonds. The number of carbonyl (C=O) groups is 2. The number of urea groups is 1. The molecular formula is C16H19F3N4O2. The summed E-state index contributed by atoms with van der Waals surface area (Å²) in [5, 5.41) is 0. The van der Waals surface area contributed by atoms with Crippen molar-refractivity contribution in [3.05, 3.63) is 11.6 Å². The van der Waals surface area contributed by atoms with Crippen LogP contribution in [-0.4, -0.2) is 72.1 Å². The van der Waals surface area contributed by atoms with Crippen molar-refractivity contribution in [2.45, 2.75) is 37.9 Å². The summed E-state index contributed by atoms with van der Waals surface area (Å²) in [6.45, 7) is 2.35. The van der Waals surface area contributed by atoms with Crippen LogP contribution in [0.2, 0.25) is 0 Å². The van der Waals surface area contributed by atoms with E-state index in [2.05, 4.69) is 14.9 Å².